The van der Waals surface area contributed by atoms with E-state index >= 15 is 0 Å². The molecule has 0 fully saturated rings. The van der Waals surface area contributed by atoms with Crippen molar-refractivity contribution >= 4 is 44.7 Å². The van der Waals surface area contributed by atoms with Crippen molar-refractivity contribution in [2.24, 2.45) is 0 Å². The first kappa shape index (κ1) is 17.6. The Bertz CT molecular complexity index is 983. The summed E-state index contributed by atoms with van der Waals surface area (Å²) < 4.78 is 30.2. The van der Waals surface area contributed by atoms with E-state index in [0.29, 0.717) is 9.21 Å². The molecule has 0 saturated carbocycles. The van der Waals surface area contributed by atoms with Crippen LogP contribution in [0.5, 0.6) is 0 Å². The van der Waals surface area contributed by atoms with Crippen molar-refractivity contribution in [1.29, 1.82) is 0 Å². The van der Waals surface area contributed by atoms with Gasteiger partial charge >= 0.3 is 6.01 Å². The van der Waals surface area contributed by atoms with Crippen LogP contribution in [0.15, 0.2) is 51.8 Å². The number of aryl methyl sites for hydroxylation is 1. The third-order valence-electron chi connectivity index (χ3n) is 3.17. The molecule has 10 heteroatoms. The number of sulfone groups is 1. The van der Waals surface area contributed by atoms with Crippen LogP contribution in [0, 0.1) is 0 Å². The number of carbonyl (C=O) groups excluding carboxylic acids is 1. The van der Waals surface area contributed by atoms with Crippen molar-refractivity contribution in [3.05, 3.63) is 57.6 Å². The molecule has 3 aromatic rings. The highest BCUT2D eigenvalue weighted by atomic mass is 35.5. The van der Waals surface area contributed by atoms with E-state index in [9.17, 15) is 13.2 Å². The van der Waals surface area contributed by atoms with Crippen molar-refractivity contribution < 1.29 is 17.6 Å². The smallest absolute Gasteiger partial charge is 0.322 e. The van der Waals surface area contributed by atoms with Crippen molar-refractivity contribution in [2.45, 2.75) is 11.3 Å². The standard InChI is InChI=1S/C15H12ClN3O4S2/c16-12-7-6-11(24-12)14(20)17-15-19-18-13(23-15)8-9-25(21,22)10-4-2-1-3-5-10/h1-7H,8-9H2,(H,17,19,20). The van der Waals surface area contributed by atoms with E-state index in [1.165, 1.54) is 12.1 Å². The van der Waals surface area contributed by atoms with Gasteiger partial charge in [-0.3, -0.25) is 10.1 Å². The number of rotatable bonds is 6. The lowest BCUT2D eigenvalue weighted by molar-refractivity contribution is 0.102. The van der Waals surface area contributed by atoms with Gasteiger partial charge in [-0.1, -0.05) is 34.9 Å². The average Bonchev–Trinajstić information content (AvgIpc) is 3.23. The number of nitrogens with one attached hydrogen (secondary N) is 1. The highest BCUT2D eigenvalue weighted by Crippen LogP contribution is 2.22. The number of hydrogen-bond donors (Lipinski definition) is 1. The van der Waals surface area contributed by atoms with Gasteiger partial charge < -0.3 is 4.42 Å². The Morgan fingerprint density at radius 1 is 1.16 bits per heavy atom. The highest BCUT2D eigenvalue weighted by molar-refractivity contribution is 7.91. The third-order valence-corrected chi connectivity index (χ3v) is 6.13. The highest BCUT2D eigenvalue weighted by Gasteiger charge is 2.17. The van der Waals surface area contributed by atoms with Crippen LogP contribution in [-0.4, -0.2) is 30.3 Å². The topological polar surface area (TPSA) is 102 Å². The van der Waals surface area contributed by atoms with Crippen molar-refractivity contribution in [1.82, 2.24) is 10.2 Å². The van der Waals surface area contributed by atoms with Crippen LogP contribution in [0.3, 0.4) is 0 Å². The van der Waals surface area contributed by atoms with Crippen molar-refractivity contribution in [2.75, 3.05) is 11.1 Å². The van der Waals surface area contributed by atoms with Gasteiger partial charge in [0, 0.05) is 6.42 Å². The average molecular weight is 398 g/mol. The van der Waals surface area contributed by atoms with Crippen molar-refractivity contribution in [3.8, 4) is 0 Å². The van der Waals surface area contributed by atoms with Gasteiger partial charge in [0.15, 0.2) is 9.84 Å². The quantitative estimate of drug-likeness (QED) is 0.685. The van der Waals surface area contributed by atoms with Gasteiger partial charge in [-0.05, 0) is 24.3 Å². The number of aromatic nitrogens is 2. The molecule has 0 aliphatic rings. The Kier molecular flexibility index (Phi) is 5.16. The second-order valence-corrected chi connectivity index (χ2v) is 8.76. The van der Waals surface area contributed by atoms with Gasteiger partial charge in [0.1, 0.15) is 0 Å². The predicted octanol–water partition coefficient (Wildman–Crippen LogP) is 3.05. The Hall–Kier alpha value is -2.23. The Morgan fingerprint density at radius 2 is 1.92 bits per heavy atom. The first-order valence-electron chi connectivity index (χ1n) is 7.11. The van der Waals surface area contributed by atoms with Gasteiger partial charge in [-0.15, -0.1) is 16.4 Å². The summed E-state index contributed by atoms with van der Waals surface area (Å²) in [4.78, 5) is 12.6. The molecule has 0 aliphatic heterocycles. The number of anilines is 1. The van der Waals surface area contributed by atoms with Gasteiger partial charge in [0.25, 0.3) is 5.91 Å². The van der Waals surface area contributed by atoms with E-state index in [0.717, 1.165) is 11.3 Å². The summed E-state index contributed by atoms with van der Waals surface area (Å²) in [5.41, 5.74) is 0. The fraction of sp³-hybridized carbons (Fsp3) is 0.133. The molecule has 2 aromatic heterocycles. The van der Waals surface area contributed by atoms with E-state index in [1.807, 2.05) is 0 Å². The maximum atomic E-state index is 12.2. The molecule has 1 aromatic carbocycles. The lowest BCUT2D eigenvalue weighted by atomic mass is 10.4. The lowest BCUT2D eigenvalue weighted by Crippen LogP contribution is -2.10. The molecule has 0 unspecified atom stereocenters. The van der Waals surface area contributed by atoms with E-state index in [2.05, 4.69) is 15.5 Å². The van der Waals surface area contributed by atoms with Crippen LogP contribution in [-0.2, 0) is 16.3 Å². The van der Waals surface area contributed by atoms with Crippen LogP contribution in [0.25, 0.3) is 0 Å². The van der Waals surface area contributed by atoms with Crippen LogP contribution in [0.1, 0.15) is 15.6 Å². The second-order valence-electron chi connectivity index (χ2n) is 4.94. The largest absolute Gasteiger partial charge is 0.408 e. The molecule has 130 valence electrons. The van der Waals surface area contributed by atoms with Gasteiger partial charge in [-0.25, -0.2) is 8.42 Å². The molecule has 0 radical (unpaired) electrons. The summed E-state index contributed by atoms with van der Waals surface area (Å²) in [5.74, 6) is -0.476. The third kappa shape index (κ3) is 4.44. The summed E-state index contributed by atoms with van der Waals surface area (Å²) in [6, 6.07) is 11.2. The summed E-state index contributed by atoms with van der Waals surface area (Å²) in [5, 5.41) is 9.88. The summed E-state index contributed by atoms with van der Waals surface area (Å²) in [6.45, 7) is 0. The molecule has 2 heterocycles. The SMILES string of the molecule is O=C(Nc1nnc(CCS(=O)(=O)c2ccccc2)o1)c1ccc(Cl)s1. The Labute approximate surface area is 152 Å². The second kappa shape index (κ2) is 7.34. The maximum absolute atomic E-state index is 12.2. The molecule has 7 nitrogen and oxygen atoms in total. The van der Waals surface area contributed by atoms with Gasteiger partial charge in [0.05, 0.1) is 19.9 Å². The zero-order chi connectivity index (χ0) is 17.9. The minimum atomic E-state index is -3.44. The molecule has 0 bridgehead atoms. The Morgan fingerprint density at radius 3 is 2.60 bits per heavy atom. The molecule has 1 N–H and O–H groups in total. The monoisotopic (exact) mass is 397 g/mol. The van der Waals surface area contributed by atoms with Crippen LogP contribution < -0.4 is 5.32 Å². The lowest BCUT2D eigenvalue weighted by Gasteiger charge is -2.01. The summed E-state index contributed by atoms with van der Waals surface area (Å²) in [6.07, 6.45) is 0.0466. The number of amides is 1. The molecular weight excluding hydrogens is 386 g/mol. The molecule has 25 heavy (non-hydrogen) atoms. The molecule has 3 rings (SSSR count). The van der Waals surface area contributed by atoms with E-state index < -0.39 is 15.7 Å². The molecule has 0 spiro atoms. The minimum absolute atomic E-state index is 0.0466. The fourth-order valence-corrected chi connectivity index (χ4v) is 4.16. The predicted molar refractivity (Wildman–Crippen MR) is 93.8 cm³/mol. The number of benzene rings is 1. The zero-order valence-corrected chi connectivity index (χ0v) is 15.1. The zero-order valence-electron chi connectivity index (χ0n) is 12.7. The maximum Gasteiger partial charge on any atom is 0.322 e. The first-order valence-corrected chi connectivity index (χ1v) is 9.95. The fourth-order valence-electron chi connectivity index (χ4n) is 1.97. The summed E-state index contributed by atoms with van der Waals surface area (Å²) in [7, 11) is -3.44. The summed E-state index contributed by atoms with van der Waals surface area (Å²) >= 11 is 6.89. The van der Waals surface area contributed by atoms with Gasteiger partial charge in [0.2, 0.25) is 5.89 Å². The van der Waals surface area contributed by atoms with E-state index in [4.69, 9.17) is 16.0 Å². The molecule has 0 atom stereocenters. The molecule has 0 aliphatic carbocycles. The Balaban J connectivity index is 1.61. The number of halogens is 1. The van der Waals surface area contributed by atoms with Crippen LogP contribution >= 0.6 is 22.9 Å². The number of nitrogens with zero attached hydrogens (tertiary/aromatic N) is 2. The first-order chi connectivity index (χ1) is 11.9. The van der Waals surface area contributed by atoms with Crippen LogP contribution in [0.2, 0.25) is 4.34 Å². The number of hydrogen-bond acceptors (Lipinski definition) is 7. The van der Waals surface area contributed by atoms with E-state index in [-0.39, 0.29) is 29.0 Å². The van der Waals surface area contributed by atoms with Crippen molar-refractivity contribution in [3.63, 3.8) is 0 Å². The molecular formula is C15H12ClN3O4S2. The molecule has 0 saturated heterocycles. The number of thiophene rings is 1. The normalized spacial score (nSPS) is 11.4. The van der Waals surface area contributed by atoms with Crippen LogP contribution in [0.4, 0.5) is 6.01 Å². The van der Waals surface area contributed by atoms with Gasteiger partial charge in [-0.2, -0.15) is 0 Å². The van der Waals surface area contributed by atoms with E-state index in [1.54, 1.807) is 30.3 Å². The number of carbonyl (C=O) groups is 1. The minimum Gasteiger partial charge on any atom is -0.408 e. The molecule has 1 amide bonds.